The van der Waals surface area contributed by atoms with Gasteiger partial charge in [0.05, 0.1) is 31.0 Å². The molecule has 2 saturated heterocycles. The van der Waals surface area contributed by atoms with Crippen molar-refractivity contribution in [2.75, 3.05) is 19.8 Å². The summed E-state index contributed by atoms with van der Waals surface area (Å²) >= 11 is 0. The molecule has 10 atom stereocenters. The summed E-state index contributed by atoms with van der Waals surface area (Å²) in [5, 5.41) is 24.3. The fourth-order valence-electron chi connectivity index (χ4n) is 6.37. The molecule has 0 spiro atoms. The minimum atomic E-state index is -0.791. The highest BCUT2D eigenvalue weighted by Gasteiger charge is 2.48. The summed E-state index contributed by atoms with van der Waals surface area (Å²) < 4.78 is 30.6. The van der Waals surface area contributed by atoms with Gasteiger partial charge >= 0.3 is 6.09 Å². The molecule has 2 fully saturated rings. The van der Waals surface area contributed by atoms with Crippen molar-refractivity contribution in [3.63, 3.8) is 0 Å². The van der Waals surface area contributed by atoms with Gasteiger partial charge in [-0.1, -0.05) is 93.5 Å². The summed E-state index contributed by atoms with van der Waals surface area (Å²) in [5.41, 5.74) is 11.4. The van der Waals surface area contributed by atoms with Crippen LogP contribution in [0.4, 0.5) is 4.79 Å². The van der Waals surface area contributed by atoms with E-state index < -0.39 is 36.9 Å². The molecule has 2 aliphatic heterocycles. The van der Waals surface area contributed by atoms with Gasteiger partial charge < -0.3 is 38.8 Å². The van der Waals surface area contributed by atoms with Gasteiger partial charge in [-0.05, 0) is 54.2 Å². The van der Waals surface area contributed by atoms with Crippen molar-refractivity contribution in [3.05, 3.63) is 82.2 Å². The van der Waals surface area contributed by atoms with Gasteiger partial charge in [-0.15, -0.1) is 0 Å². The van der Waals surface area contributed by atoms with Crippen molar-refractivity contribution in [1.82, 2.24) is 4.90 Å². The Balaban J connectivity index is 1.28. The Bertz CT molecular complexity index is 1280. The van der Waals surface area contributed by atoms with Crippen molar-refractivity contribution in [3.8, 4) is 0 Å². The van der Waals surface area contributed by atoms with E-state index in [2.05, 4.69) is 10.0 Å². The van der Waals surface area contributed by atoms with Gasteiger partial charge in [0.15, 0.2) is 12.6 Å². The zero-order valence-corrected chi connectivity index (χ0v) is 28.5. The molecule has 1 amide bonds. The third kappa shape index (κ3) is 10.1. The molecule has 0 saturated carbocycles. The van der Waals surface area contributed by atoms with E-state index in [1.165, 1.54) is 0 Å². The van der Waals surface area contributed by atoms with Crippen molar-refractivity contribution in [1.29, 1.82) is 0 Å². The fraction of sp³-hybridized carbons (Fsp3) is 0.639. The predicted molar refractivity (Wildman–Crippen MR) is 179 cm³/mol. The summed E-state index contributed by atoms with van der Waals surface area (Å²) in [6.45, 7) is 9.11. The molecule has 2 heterocycles. The van der Waals surface area contributed by atoms with E-state index in [0.29, 0.717) is 26.1 Å². The molecule has 0 aromatic heterocycles. The summed E-state index contributed by atoms with van der Waals surface area (Å²) in [6, 6.07) is 18.9. The second-order valence-electron chi connectivity index (χ2n) is 12.9. The Hall–Kier alpha value is -3.22. The molecule has 2 N–H and O–H groups in total. The van der Waals surface area contributed by atoms with Crippen molar-refractivity contribution < 1.29 is 38.7 Å². The van der Waals surface area contributed by atoms with E-state index in [0.717, 1.165) is 30.4 Å². The Morgan fingerprint density at radius 1 is 0.917 bits per heavy atom. The number of benzene rings is 2. The number of aliphatic hydroxyl groups excluding tert-OH is 2. The Morgan fingerprint density at radius 2 is 1.58 bits per heavy atom. The number of hydrogen-bond acceptors (Lipinski definition) is 9. The lowest BCUT2D eigenvalue weighted by Crippen LogP contribution is -2.58. The van der Waals surface area contributed by atoms with E-state index >= 15 is 0 Å². The Kier molecular flexibility index (Phi) is 15.0. The van der Waals surface area contributed by atoms with Gasteiger partial charge in [-0.25, -0.2) is 4.79 Å². The SMILES string of the molecule is CCC1O[C@H](OCCCCCN(Cc2ccccc2)C(=O)OCc2ccccc2)C(N=[N+]=[N-])[C@@H](C)[C@@H]1O[C@@H]1OC(CO)[C@@H](O)[C@H](C)C1C. The normalized spacial score (nSPS) is 30.3. The molecule has 4 rings (SSSR count). The van der Waals surface area contributed by atoms with Crippen LogP contribution >= 0.6 is 0 Å². The zero-order valence-electron chi connectivity index (χ0n) is 28.5. The minimum absolute atomic E-state index is 0.131. The maximum absolute atomic E-state index is 13.0. The smallest absolute Gasteiger partial charge is 0.410 e. The summed E-state index contributed by atoms with van der Waals surface area (Å²) in [6.07, 6.45) is -1.14. The lowest BCUT2D eigenvalue weighted by atomic mass is 9.84. The number of azide groups is 1. The van der Waals surface area contributed by atoms with E-state index in [4.69, 9.17) is 23.7 Å². The van der Waals surface area contributed by atoms with Gasteiger partial charge in [0.1, 0.15) is 12.7 Å². The third-order valence-electron chi connectivity index (χ3n) is 9.59. The first-order chi connectivity index (χ1) is 23.3. The van der Waals surface area contributed by atoms with Crippen molar-refractivity contribution in [2.45, 2.75) is 110 Å². The fourth-order valence-corrected chi connectivity index (χ4v) is 6.37. The van der Waals surface area contributed by atoms with Crippen LogP contribution < -0.4 is 0 Å². The highest BCUT2D eigenvalue weighted by atomic mass is 16.7. The molecule has 2 aromatic rings. The van der Waals surface area contributed by atoms with Gasteiger partial charge in [-0.2, -0.15) is 0 Å². The van der Waals surface area contributed by atoms with Gasteiger partial charge in [0, 0.05) is 30.5 Å². The lowest BCUT2D eigenvalue weighted by Gasteiger charge is -2.48. The quantitative estimate of drug-likeness (QED) is 0.0928. The zero-order chi connectivity index (χ0) is 34.5. The second kappa shape index (κ2) is 19.1. The summed E-state index contributed by atoms with van der Waals surface area (Å²) in [7, 11) is 0. The van der Waals surface area contributed by atoms with E-state index in [-0.39, 0.29) is 43.2 Å². The van der Waals surface area contributed by atoms with E-state index in [9.17, 15) is 20.5 Å². The Morgan fingerprint density at radius 3 is 2.23 bits per heavy atom. The monoisotopic (exact) mass is 668 g/mol. The maximum Gasteiger partial charge on any atom is 0.410 e. The molecule has 4 unspecified atom stereocenters. The first kappa shape index (κ1) is 37.6. The Labute approximate surface area is 283 Å². The number of amides is 1. The van der Waals surface area contributed by atoms with Crippen LogP contribution in [0.3, 0.4) is 0 Å². The van der Waals surface area contributed by atoms with Crippen LogP contribution in [-0.2, 0) is 36.8 Å². The van der Waals surface area contributed by atoms with Crippen LogP contribution in [0, 0.1) is 17.8 Å². The van der Waals surface area contributed by atoms with Crippen LogP contribution in [0.25, 0.3) is 10.4 Å². The number of hydrogen-bond donors (Lipinski definition) is 2. The van der Waals surface area contributed by atoms with Gasteiger partial charge in [0.2, 0.25) is 0 Å². The van der Waals surface area contributed by atoms with Crippen LogP contribution in [0.2, 0.25) is 0 Å². The summed E-state index contributed by atoms with van der Waals surface area (Å²) in [4.78, 5) is 17.9. The molecule has 12 heteroatoms. The molecule has 0 aliphatic carbocycles. The molecule has 0 radical (unpaired) electrons. The molecular formula is C36H52N4O8. The maximum atomic E-state index is 13.0. The van der Waals surface area contributed by atoms with E-state index in [1.807, 2.05) is 88.4 Å². The second-order valence-corrected chi connectivity index (χ2v) is 12.9. The summed E-state index contributed by atoms with van der Waals surface area (Å²) in [5.74, 6) is -0.521. The molecule has 0 bridgehead atoms. The van der Waals surface area contributed by atoms with Crippen LogP contribution in [-0.4, -0.2) is 84.0 Å². The largest absolute Gasteiger partial charge is 0.445 e. The molecule has 2 aromatic carbocycles. The molecular weight excluding hydrogens is 616 g/mol. The number of rotatable bonds is 16. The average molecular weight is 669 g/mol. The first-order valence-electron chi connectivity index (χ1n) is 17.2. The third-order valence-corrected chi connectivity index (χ3v) is 9.59. The standard InChI is InChI=1S/C36H52N4O8/c1-5-29-33(48-34-25(3)24(2)32(42)30(22-41)47-34)26(4)31(38-39-37)35(46-29)44-20-14-8-13-19-40(21-27-15-9-6-10-16-27)36(43)45-23-28-17-11-7-12-18-28/h6-7,9-12,15-18,24-26,29-35,41-42H,5,8,13-14,19-23H2,1-4H3/t24-,25?,26-,29?,30?,31?,32+,33+,34+,35+/m1/s1. The van der Waals surface area contributed by atoms with Gasteiger partial charge in [0.25, 0.3) is 0 Å². The molecule has 12 nitrogen and oxygen atoms in total. The lowest BCUT2D eigenvalue weighted by molar-refractivity contribution is -0.323. The number of nitrogens with zero attached hydrogens (tertiary/aromatic N) is 4. The average Bonchev–Trinajstić information content (AvgIpc) is 3.11. The number of aliphatic hydroxyl groups is 2. The van der Waals surface area contributed by atoms with Gasteiger partial charge in [-0.3, -0.25) is 0 Å². The van der Waals surface area contributed by atoms with Crippen molar-refractivity contribution >= 4 is 6.09 Å². The highest BCUT2D eigenvalue weighted by Crippen LogP contribution is 2.38. The number of ether oxygens (including phenoxy) is 5. The topological polar surface area (TPSA) is 156 Å². The minimum Gasteiger partial charge on any atom is -0.445 e. The molecule has 264 valence electrons. The first-order valence-corrected chi connectivity index (χ1v) is 17.2. The van der Waals surface area contributed by atoms with Crippen LogP contribution in [0.1, 0.15) is 64.5 Å². The van der Waals surface area contributed by atoms with Crippen LogP contribution in [0.15, 0.2) is 65.8 Å². The van der Waals surface area contributed by atoms with Crippen LogP contribution in [0.5, 0.6) is 0 Å². The predicted octanol–water partition coefficient (Wildman–Crippen LogP) is 6.20. The molecule has 48 heavy (non-hydrogen) atoms. The number of unbranched alkanes of at least 4 members (excludes halogenated alkanes) is 2. The van der Waals surface area contributed by atoms with E-state index in [1.54, 1.807) is 4.90 Å². The number of carbonyl (C=O) groups is 1. The van der Waals surface area contributed by atoms with Crippen molar-refractivity contribution in [2.24, 2.45) is 22.9 Å². The highest BCUT2D eigenvalue weighted by molar-refractivity contribution is 5.67. The number of carbonyl (C=O) groups excluding carboxylic acids is 1. The molecule has 2 aliphatic rings.